The topological polar surface area (TPSA) is 6.48 Å². The van der Waals surface area contributed by atoms with E-state index < -0.39 is 0 Å². The molecule has 0 amide bonds. The monoisotopic (exact) mass is 206 g/mol. The predicted octanol–water partition coefficient (Wildman–Crippen LogP) is 1.32. The van der Waals surface area contributed by atoms with Crippen LogP contribution in [0.1, 0.15) is 13.3 Å². The molecule has 2 nitrogen and oxygen atoms in total. The van der Waals surface area contributed by atoms with Gasteiger partial charge in [-0.3, -0.25) is 0 Å². The molecule has 1 saturated heterocycles. The van der Waals surface area contributed by atoms with Crippen LogP contribution in [-0.2, 0) is 0 Å². The van der Waals surface area contributed by atoms with Gasteiger partial charge in [0, 0.05) is 42.3 Å². The first-order valence-corrected chi connectivity index (χ1v) is 4.67. The van der Waals surface area contributed by atoms with E-state index in [1.54, 1.807) is 0 Å². The Morgan fingerprint density at radius 3 is 2.30 bits per heavy atom. The molecule has 3 heteroatoms. The summed E-state index contributed by atoms with van der Waals surface area (Å²) >= 11 is 3.47. The van der Waals surface area contributed by atoms with Gasteiger partial charge in [0.25, 0.3) is 0 Å². The Kier molecular flexibility index (Phi) is 3.66. The van der Waals surface area contributed by atoms with Crippen LogP contribution < -0.4 is 0 Å². The first-order valence-electron chi connectivity index (χ1n) is 3.96. The zero-order chi connectivity index (χ0) is 7.40. The summed E-state index contributed by atoms with van der Waals surface area (Å²) in [6, 6.07) is 0. The molecule has 1 aliphatic heterocycles. The van der Waals surface area contributed by atoms with Gasteiger partial charge in [0.1, 0.15) is 0 Å². The summed E-state index contributed by atoms with van der Waals surface area (Å²) in [7, 11) is 0. The summed E-state index contributed by atoms with van der Waals surface area (Å²) in [5, 5.41) is 0. The molecule has 1 aliphatic rings. The summed E-state index contributed by atoms with van der Waals surface area (Å²) in [5.41, 5.74) is 0. The van der Waals surface area contributed by atoms with Crippen molar-refractivity contribution in [3.05, 3.63) is 0 Å². The van der Waals surface area contributed by atoms with Crippen molar-refractivity contribution < 1.29 is 0 Å². The second-order valence-corrected chi connectivity index (χ2v) is 3.75. The van der Waals surface area contributed by atoms with Gasteiger partial charge in [0.2, 0.25) is 0 Å². The summed E-state index contributed by atoms with van der Waals surface area (Å²) in [4.78, 5) is 2.51. The molecule has 10 heavy (non-hydrogen) atoms. The van der Waals surface area contributed by atoms with E-state index in [1.165, 1.54) is 39.1 Å². The molecule has 1 rings (SSSR count). The third kappa shape index (κ3) is 2.56. The lowest BCUT2D eigenvalue weighted by atomic mass is 10.3. The van der Waals surface area contributed by atoms with Gasteiger partial charge in [-0.05, 0) is 13.0 Å². The zero-order valence-electron chi connectivity index (χ0n) is 6.52. The molecule has 0 aromatic heterocycles. The molecule has 0 saturated carbocycles. The molecule has 1 heterocycles. The Hall–Kier alpha value is 0.400. The molecule has 0 radical (unpaired) electrons. The first-order chi connectivity index (χ1) is 4.83. The van der Waals surface area contributed by atoms with Gasteiger partial charge in [0.15, 0.2) is 0 Å². The van der Waals surface area contributed by atoms with Crippen molar-refractivity contribution in [1.82, 2.24) is 8.83 Å². The quantitative estimate of drug-likeness (QED) is 0.630. The third-order valence-corrected chi connectivity index (χ3v) is 2.57. The van der Waals surface area contributed by atoms with Crippen molar-refractivity contribution in [1.29, 1.82) is 0 Å². The number of hydrogen-bond donors (Lipinski definition) is 0. The van der Waals surface area contributed by atoms with Crippen LogP contribution in [-0.4, -0.2) is 41.5 Å². The molecule has 0 N–H and O–H groups in total. The summed E-state index contributed by atoms with van der Waals surface area (Å²) in [6.07, 6.45) is 1.28. The van der Waals surface area contributed by atoms with Crippen molar-refractivity contribution in [2.24, 2.45) is 0 Å². The largest absolute Gasteiger partial charge is 0.301 e. The van der Waals surface area contributed by atoms with Crippen molar-refractivity contribution in [2.75, 3.05) is 32.7 Å². The molecule has 0 bridgehead atoms. The van der Waals surface area contributed by atoms with Crippen molar-refractivity contribution in [3.8, 4) is 0 Å². The van der Waals surface area contributed by atoms with E-state index in [2.05, 4.69) is 31.9 Å². The molecular formula is C7H15BrN2. The maximum atomic E-state index is 3.47. The van der Waals surface area contributed by atoms with Gasteiger partial charge in [-0.15, -0.1) is 0 Å². The van der Waals surface area contributed by atoms with Crippen LogP contribution in [0.2, 0.25) is 0 Å². The second kappa shape index (κ2) is 4.31. The number of halogens is 1. The molecule has 60 valence electrons. The van der Waals surface area contributed by atoms with Crippen LogP contribution in [0, 0.1) is 0 Å². The molecule has 0 spiro atoms. The molecule has 0 aromatic carbocycles. The Morgan fingerprint density at radius 2 is 1.80 bits per heavy atom. The average Bonchev–Trinajstić information content (AvgIpc) is 1.95. The molecular weight excluding hydrogens is 192 g/mol. The van der Waals surface area contributed by atoms with Crippen LogP contribution in [0.3, 0.4) is 0 Å². The van der Waals surface area contributed by atoms with E-state index in [1.807, 2.05) is 0 Å². The Balaban J connectivity index is 2.13. The molecule has 0 aliphatic carbocycles. The lowest BCUT2D eigenvalue weighted by Gasteiger charge is -2.30. The summed E-state index contributed by atoms with van der Waals surface area (Å²) in [5.74, 6) is 0. The van der Waals surface area contributed by atoms with Crippen molar-refractivity contribution in [3.63, 3.8) is 0 Å². The van der Waals surface area contributed by atoms with E-state index in [0.29, 0.717) is 0 Å². The highest BCUT2D eigenvalue weighted by atomic mass is 79.9. The number of nitrogens with zero attached hydrogens (tertiary/aromatic N) is 2. The summed E-state index contributed by atoms with van der Waals surface area (Å²) < 4.78 is 2.21. The third-order valence-electron chi connectivity index (χ3n) is 1.86. The van der Waals surface area contributed by atoms with Gasteiger partial charge >= 0.3 is 0 Å². The molecule has 0 aromatic rings. The van der Waals surface area contributed by atoms with E-state index >= 15 is 0 Å². The van der Waals surface area contributed by atoms with Crippen LogP contribution in [0.5, 0.6) is 0 Å². The van der Waals surface area contributed by atoms with Gasteiger partial charge in [-0.2, -0.15) is 0 Å². The highest BCUT2D eigenvalue weighted by Gasteiger charge is 2.12. The van der Waals surface area contributed by atoms with Gasteiger partial charge < -0.3 is 4.90 Å². The number of piperazine rings is 1. The number of rotatable bonds is 2. The Bertz CT molecular complexity index is 89.6. The van der Waals surface area contributed by atoms with Gasteiger partial charge in [-0.1, -0.05) is 6.92 Å². The van der Waals surface area contributed by atoms with E-state index in [0.717, 1.165) is 0 Å². The fraction of sp³-hybridized carbons (Fsp3) is 1.00. The van der Waals surface area contributed by atoms with Crippen LogP contribution >= 0.6 is 16.1 Å². The molecule has 0 unspecified atom stereocenters. The lowest BCUT2D eigenvalue weighted by molar-refractivity contribution is 0.201. The molecule has 1 fully saturated rings. The second-order valence-electron chi connectivity index (χ2n) is 2.75. The van der Waals surface area contributed by atoms with Crippen molar-refractivity contribution in [2.45, 2.75) is 13.3 Å². The fourth-order valence-electron chi connectivity index (χ4n) is 1.26. The van der Waals surface area contributed by atoms with Gasteiger partial charge in [0.05, 0.1) is 0 Å². The normalized spacial score (nSPS) is 23.4. The van der Waals surface area contributed by atoms with Crippen LogP contribution in [0.15, 0.2) is 0 Å². The maximum absolute atomic E-state index is 3.47. The average molecular weight is 207 g/mol. The Labute approximate surface area is 71.5 Å². The van der Waals surface area contributed by atoms with Crippen molar-refractivity contribution >= 4 is 16.1 Å². The minimum atomic E-state index is 1.17. The van der Waals surface area contributed by atoms with Crippen LogP contribution in [0.4, 0.5) is 0 Å². The standard InChI is InChI=1S/C7H15BrN2/c1-2-3-9-4-6-10(8)7-5-9/h2-7H2,1H3. The zero-order valence-corrected chi connectivity index (χ0v) is 8.10. The number of hydrogen-bond acceptors (Lipinski definition) is 2. The molecule has 0 atom stereocenters. The maximum Gasteiger partial charge on any atom is 0.0221 e. The minimum absolute atomic E-state index is 1.17. The van der Waals surface area contributed by atoms with Gasteiger partial charge in [-0.25, -0.2) is 3.93 Å². The SMILES string of the molecule is CCCN1CCN(Br)CC1. The minimum Gasteiger partial charge on any atom is -0.301 e. The fourth-order valence-corrected chi connectivity index (χ4v) is 1.58. The van der Waals surface area contributed by atoms with Crippen LogP contribution in [0.25, 0.3) is 0 Å². The van der Waals surface area contributed by atoms with E-state index in [-0.39, 0.29) is 0 Å². The first kappa shape index (κ1) is 8.50. The lowest BCUT2D eigenvalue weighted by Crippen LogP contribution is -2.42. The highest BCUT2D eigenvalue weighted by molar-refractivity contribution is 9.07. The highest BCUT2D eigenvalue weighted by Crippen LogP contribution is 2.05. The predicted molar refractivity (Wildman–Crippen MR) is 47.2 cm³/mol. The van der Waals surface area contributed by atoms with E-state index in [4.69, 9.17) is 0 Å². The van der Waals surface area contributed by atoms with E-state index in [9.17, 15) is 0 Å². The Morgan fingerprint density at radius 1 is 1.20 bits per heavy atom. The summed E-state index contributed by atoms with van der Waals surface area (Å²) in [6.45, 7) is 8.28. The smallest absolute Gasteiger partial charge is 0.0221 e.